The highest BCUT2D eigenvalue weighted by atomic mass is 16.6. The van der Waals surface area contributed by atoms with Gasteiger partial charge in [0.25, 0.3) is 5.69 Å². The molecule has 4 aromatic rings. The Kier molecular flexibility index (Phi) is 18.2. The third-order valence-corrected chi connectivity index (χ3v) is 10.2. The Bertz CT molecular complexity index is 2400. The average Bonchev–Trinajstić information content (AvgIpc) is 3.67. The largest absolute Gasteiger partial charge is 0.508 e. The van der Waals surface area contributed by atoms with Gasteiger partial charge in [-0.3, -0.25) is 48.5 Å². The summed E-state index contributed by atoms with van der Waals surface area (Å²) in [5.41, 5.74) is 13.3. The lowest BCUT2D eigenvalue weighted by Gasteiger charge is -2.27. The number of non-ortho nitro benzene ring substituents is 1. The number of primary amides is 1. The zero-order valence-corrected chi connectivity index (χ0v) is 36.4. The number of nitro groups is 1. The van der Waals surface area contributed by atoms with E-state index in [1.165, 1.54) is 43.3 Å². The number of para-hydroxylation sites is 1. The van der Waals surface area contributed by atoms with Crippen molar-refractivity contribution in [2.45, 2.75) is 89.1 Å². The summed E-state index contributed by atoms with van der Waals surface area (Å²) in [5, 5.41) is 46.1. The van der Waals surface area contributed by atoms with Crippen LogP contribution in [0.5, 0.6) is 5.75 Å². The molecule has 1 heterocycles. The van der Waals surface area contributed by atoms with Crippen molar-refractivity contribution in [3.05, 3.63) is 106 Å². The van der Waals surface area contributed by atoms with Gasteiger partial charge < -0.3 is 58.6 Å². The smallest absolute Gasteiger partial charge is 0.305 e. The summed E-state index contributed by atoms with van der Waals surface area (Å²) >= 11 is 0. The van der Waals surface area contributed by atoms with Gasteiger partial charge in [0, 0.05) is 48.5 Å². The topological polar surface area (TPSA) is 360 Å². The van der Waals surface area contributed by atoms with Crippen molar-refractivity contribution in [3.63, 3.8) is 0 Å². The van der Waals surface area contributed by atoms with E-state index in [1.54, 1.807) is 56.4 Å². The molecule has 0 spiro atoms. The highest BCUT2D eigenvalue weighted by molar-refractivity contribution is 5.98. The van der Waals surface area contributed by atoms with Crippen molar-refractivity contribution in [2.75, 3.05) is 6.54 Å². The van der Waals surface area contributed by atoms with Gasteiger partial charge in [-0.25, -0.2) is 0 Å². The van der Waals surface area contributed by atoms with E-state index in [0.29, 0.717) is 16.7 Å². The summed E-state index contributed by atoms with van der Waals surface area (Å²) in [6.45, 7) is 4.24. The molecule has 22 nitrogen and oxygen atoms in total. The Labute approximate surface area is 378 Å². The first-order valence-corrected chi connectivity index (χ1v) is 20.8. The number of phenolic OH excluding ortho intramolecular Hbond substituents is 1. The third-order valence-electron chi connectivity index (χ3n) is 10.2. The van der Waals surface area contributed by atoms with Crippen molar-refractivity contribution >= 4 is 63.9 Å². The molecule has 0 saturated carbocycles. The number of benzene rings is 3. The number of aromatic nitrogens is 1. The molecule has 0 bridgehead atoms. The van der Waals surface area contributed by atoms with Gasteiger partial charge in [-0.15, -0.1) is 0 Å². The SMILES string of the molecule is CC(C)C[C@H](NC(=O)[C@H](Cc1c[nH]c2ccccc12)NC(=O)CNC(=O)[C@H](Cc1ccc(O)cc1)NC(=O)[C@H](C)N)C(=O)N[C@@H](CC(=O)O)C(=O)N[C@@H](Cc1ccc([N+](=O)[O-])cc1)C(N)=O. The highest BCUT2D eigenvalue weighted by Gasteiger charge is 2.33. The maximum Gasteiger partial charge on any atom is 0.305 e. The first kappa shape index (κ1) is 50.8. The Morgan fingerprint density at radius 3 is 1.80 bits per heavy atom. The number of hydrogen-bond donors (Lipinski definition) is 11. The highest BCUT2D eigenvalue weighted by Crippen LogP contribution is 2.20. The average molecular weight is 915 g/mol. The molecule has 3 aromatic carbocycles. The van der Waals surface area contributed by atoms with Crippen molar-refractivity contribution in [2.24, 2.45) is 17.4 Å². The van der Waals surface area contributed by atoms with Crippen LogP contribution in [0.3, 0.4) is 0 Å². The summed E-state index contributed by atoms with van der Waals surface area (Å²) in [4.78, 5) is 119. The molecule has 7 amide bonds. The number of nitrogens with zero attached hydrogens (tertiary/aromatic N) is 1. The monoisotopic (exact) mass is 914 g/mol. The van der Waals surface area contributed by atoms with E-state index in [9.17, 15) is 58.7 Å². The van der Waals surface area contributed by atoms with E-state index in [0.717, 1.165) is 10.9 Å². The number of hydrogen-bond acceptors (Lipinski definition) is 12. The lowest BCUT2D eigenvalue weighted by molar-refractivity contribution is -0.384. The van der Waals surface area contributed by atoms with Crippen LogP contribution in [0.15, 0.2) is 79.0 Å². The van der Waals surface area contributed by atoms with Crippen molar-refractivity contribution in [1.82, 2.24) is 36.9 Å². The summed E-state index contributed by atoms with van der Waals surface area (Å²) in [5.74, 6) is -7.94. The number of carbonyl (C=O) groups is 8. The zero-order chi connectivity index (χ0) is 48.7. The standard InChI is InChI=1S/C44H54N10O12/c1-23(2)16-33(42(62)53-36(20-38(57)58)44(64)50-32(39(46)59)17-25-8-12-28(13-9-25)54(65)66)52-43(63)35(19-27-21-47-31-7-5-4-6-30(27)31)49-37(56)22-48-41(61)34(51-40(60)24(3)45)18-26-10-14-29(55)15-11-26/h4-15,21,23-24,32-36,47,55H,16-20,22,45H2,1-3H3,(H2,46,59)(H,48,61)(H,49,56)(H,50,64)(H,51,60)(H,52,63)(H,53,62)(H,57,58)/t24-,32-,33-,34-,35-,36-/m0/s1. The minimum Gasteiger partial charge on any atom is -0.508 e. The van der Waals surface area contributed by atoms with Crippen LogP contribution in [0, 0.1) is 16.0 Å². The van der Waals surface area contributed by atoms with Crippen LogP contribution in [-0.4, -0.2) is 110 Å². The second-order valence-electron chi connectivity index (χ2n) is 16.1. The van der Waals surface area contributed by atoms with E-state index < -0.39 is 101 Å². The van der Waals surface area contributed by atoms with Crippen LogP contribution in [0.25, 0.3) is 10.9 Å². The summed E-state index contributed by atoms with van der Waals surface area (Å²) in [6.07, 6.45) is 0.298. The molecule has 0 aliphatic rings. The lowest BCUT2D eigenvalue weighted by atomic mass is 10.00. The van der Waals surface area contributed by atoms with Crippen LogP contribution in [0.2, 0.25) is 0 Å². The zero-order valence-electron chi connectivity index (χ0n) is 36.4. The van der Waals surface area contributed by atoms with Crippen LogP contribution in [0.1, 0.15) is 50.3 Å². The second-order valence-corrected chi connectivity index (χ2v) is 16.1. The number of carboxylic acids is 1. The van der Waals surface area contributed by atoms with E-state index >= 15 is 0 Å². The number of aromatic amines is 1. The van der Waals surface area contributed by atoms with Gasteiger partial charge in [0.05, 0.1) is 23.9 Å². The first-order valence-electron chi connectivity index (χ1n) is 20.8. The minimum absolute atomic E-state index is 0.0153. The maximum atomic E-state index is 14.2. The van der Waals surface area contributed by atoms with Gasteiger partial charge in [0.2, 0.25) is 41.4 Å². The predicted octanol–water partition coefficient (Wildman–Crippen LogP) is -0.297. The van der Waals surface area contributed by atoms with Crippen LogP contribution < -0.4 is 43.4 Å². The second kappa shape index (κ2) is 23.7. The molecule has 0 radical (unpaired) electrons. The number of fused-ring (bicyclic) bond motifs is 1. The fraction of sp³-hybridized carbons (Fsp3) is 0.364. The summed E-state index contributed by atoms with van der Waals surface area (Å²) in [7, 11) is 0. The molecule has 352 valence electrons. The molecule has 13 N–H and O–H groups in total. The number of rotatable bonds is 24. The van der Waals surface area contributed by atoms with Gasteiger partial charge in [0.1, 0.15) is 36.0 Å². The number of phenols is 1. The molecule has 0 aliphatic carbocycles. The number of aromatic hydroxyl groups is 1. The number of carboxylic acid groups (broad SMARTS) is 1. The van der Waals surface area contributed by atoms with Gasteiger partial charge in [-0.05, 0) is 54.2 Å². The van der Waals surface area contributed by atoms with Crippen molar-refractivity contribution in [1.29, 1.82) is 0 Å². The van der Waals surface area contributed by atoms with E-state index in [2.05, 4.69) is 36.9 Å². The minimum atomic E-state index is -1.78. The van der Waals surface area contributed by atoms with Gasteiger partial charge in [-0.2, -0.15) is 0 Å². The van der Waals surface area contributed by atoms with Gasteiger partial charge in [-0.1, -0.05) is 56.3 Å². The summed E-state index contributed by atoms with van der Waals surface area (Å²) < 4.78 is 0. The molecule has 0 unspecified atom stereocenters. The maximum absolute atomic E-state index is 14.2. The molecule has 0 saturated heterocycles. The normalized spacial score (nSPS) is 13.8. The molecule has 0 fully saturated rings. The number of nitrogens with two attached hydrogens (primary N) is 2. The third kappa shape index (κ3) is 15.4. The van der Waals surface area contributed by atoms with Crippen LogP contribution in [-0.2, 0) is 57.6 Å². The number of nitrogens with one attached hydrogen (secondary N) is 7. The number of carbonyl (C=O) groups excluding carboxylic acids is 7. The molecule has 1 aromatic heterocycles. The number of amides is 7. The van der Waals surface area contributed by atoms with Crippen LogP contribution in [0.4, 0.5) is 5.69 Å². The molecular formula is C44H54N10O12. The van der Waals surface area contributed by atoms with E-state index in [1.807, 2.05) is 0 Å². The van der Waals surface area contributed by atoms with E-state index in [-0.39, 0.29) is 43.0 Å². The molecule has 0 aliphatic heterocycles. The Hall–Kier alpha value is -7.88. The number of nitro benzene ring substituents is 1. The van der Waals surface area contributed by atoms with Gasteiger partial charge in [0.15, 0.2) is 0 Å². The first-order chi connectivity index (χ1) is 31.2. The molecule has 22 heteroatoms. The Balaban J connectivity index is 1.53. The molecule has 66 heavy (non-hydrogen) atoms. The Morgan fingerprint density at radius 2 is 1.21 bits per heavy atom. The fourth-order valence-electron chi connectivity index (χ4n) is 6.76. The van der Waals surface area contributed by atoms with Gasteiger partial charge >= 0.3 is 5.97 Å². The molecule has 6 atom stereocenters. The fourth-order valence-corrected chi connectivity index (χ4v) is 6.76. The molecule has 4 rings (SSSR count). The van der Waals surface area contributed by atoms with Crippen molar-refractivity contribution in [3.8, 4) is 5.75 Å². The van der Waals surface area contributed by atoms with E-state index in [4.69, 9.17) is 11.5 Å². The quantitative estimate of drug-likeness (QED) is 0.0318. The number of aliphatic carboxylic acids is 1. The Morgan fingerprint density at radius 1 is 0.682 bits per heavy atom. The lowest BCUT2D eigenvalue weighted by Crippen LogP contribution is -2.59. The predicted molar refractivity (Wildman–Crippen MR) is 238 cm³/mol. The van der Waals surface area contributed by atoms with Crippen molar-refractivity contribution < 1.29 is 53.5 Å². The van der Waals surface area contributed by atoms with Crippen LogP contribution >= 0.6 is 0 Å². The molecular weight excluding hydrogens is 861 g/mol. The number of H-pyrrole nitrogens is 1. The summed E-state index contributed by atoms with van der Waals surface area (Å²) in [6, 6.07) is 10.0.